The number of carbonyl (C=O) groups excluding carboxylic acids is 1. The minimum atomic E-state index is -0.158. The average molecular weight is 395 g/mol. The smallest absolute Gasteiger partial charge is 0.251 e. The molecular weight excluding hydrogens is 374 g/mol. The lowest BCUT2D eigenvalue weighted by molar-refractivity contribution is 0.0953. The van der Waals surface area contributed by atoms with Gasteiger partial charge in [-0.25, -0.2) is 4.68 Å². The fourth-order valence-electron chi connectivity index (χ4n) is 2.97. The van der Waals surface area contributed by atoms with Crippen LogP contribution in [0.2, 0.25) is 0 Å². The highest BCUT2D eigenvalue weighted by Crippen LogP contribution is 2.32. The second kappa shape index (κ2) is 8.59. The lowest BCUT2D eigenvalue weighted by Crippen LogP contribution is -2.25. The van der Waals surface area contributed by atoms with Gasteiger partial charge in [-0.05, 0) is 59.7 Å². The molecule has 2 heterocycles. The van der Waals surface area contributed by atoms with Crippen LogP contribution in [0.1, 0.15) is 28.7 Å². The van der Waals surface area contributed by atoms with Crippen LogP contribution in [0, 0.1) is 0 Å². The van der Waals surface area contributed by atoms with Gasteiger partial charge >= 0.3 is 0 Å². The van der Waals surface area contributed by atoms with Crippen molar-refractivity contribution in [3.63, 3.8) is 0 Å². The van der Waals surface area contributed by atoms with Crippen molar-refractivity contribution < 1.29 is 19.0 Å². The molecule has 1 N–H and O–H groups in total. The molecule has 0 radical (unpaired) electrons. The van der Waals surface area contributed by atoms with E-state index in [1.807, 2.05) is 25.1 Å². The molecule has 9 nitrogen and oxygen atoms in total. The van der Waals surface area contributed by atoms with Crippen LogP contribution in [0.4, 0.5) is 0 Å². The molecule has 0 spiro atoms. The number of tetrazole rings is 1. The molecule has 9 heteroatoms. The van der Waals surface area contributed by atoms with E-state index in [1.165, 1.54) is 0 Å². The Morgan fingerprint density at radius 3 is 3.00 bits per heavy atom. The van der Waals surface area contributed by atoms with Gasteiger partial charge in [-0.1, -0.05) is 12.1 Å². The third-order valence-corrected chi connectivity index (χ3v) is 4.51. The van der Waals surface area contributed by atoms with Crippen molar-refractivity contribution in [2.45, 2.75) is 26.5 Å². The Bertz CT molecular complexity index is 1000. The van der Waals surface area contributed by atoms with Crippen LogP contribution in [0.15, 0.2) is 42.5 Å². The van der Waals surface area contributed by atoms with E-state index in [9.17, 15) is 4.79 Å². The zero-order chi connectivity index (χ0) is 20.1. The molecule has 1 amide bonds. The van der Waals surface area contributed by atoms with Crippen molar-refractivity contribution in [1.82, 2.24) is 25.5 Å². The molecule has 150 valence electrons. The molecule has 0 saturated heterocycles. The summed E-state index contributed by atoms with van der Waals surface area (Å²) < 4.78 is 18.1. The van der Waals surface area contributed by atoms with Gasteiger partial charge in [0, 0.05) is 18.7 Å². The van der Waals surface area contributed by atoms with Crippen molar-refractivity contribution in [1.29, 1.82) is 0 Å². The monoisotopic (exact) mass is 395 g/mol. The molecule has 0 bridgehead atoms. The molecular formula is C20H21N5O4. The van der Waals surface area contributed by atoms with Crippen LogP contribution in [-0.4, -0.2) is 39.5 Å². The number of nitrogens with zero attached hydrogens (tertiary/aromatic N) is 4. The molecule has 1 aliphatic rings. The fourth-order valence-corrected chi connectivity index (χ4v) is 2.97. The van der Waals surface area contributed by atoms with Crippen LogP contribution in [0.25, 0.3) is 0 Å². The predicted octanol–water partition coefficient (Wildman–Crippen LogP) is 1.97. The maximum absolute atomic E-state index is 12.5. The maximum Gasteiger partial charge on any atom is 0.251 e. The van der Waals surface area contributed by atoms with Crippen molar-refractivity contribution in [3.8, 4) is 17.2 Å². The third-order valence-electron chi connectivity index (χ3n) is 4.51. The summed E-state index contributed by atoms with van der Waals surface area (Å²) >= 11 is 0. The van der Waals surface area contributed by atoms with Gasteiger partial charge in [0.15, 0.2) is 17.3 Å². The predicted molar refractivity (Wildman–Crippen MR) is 103 cm³/mol. The van der Waals surface area contributed by atoms with Gasteiger partial charge in [-0.15, -0.1) is 5.10 Å². The summed E-state index contributed by atoms with van der Waals surface area (Å²) in [4.78, 5) is 12.5. The molecule has 0 unspecified atom stereocenters. The summed E-state index contributed by atoms with van der Waals surface area (Å²) in [5, 5.41) is 14.4. The fraction of sp³-hybridized carbons (Fsp3) is 0.300. The SMILES string of the molecule is CCn1nnnc1COc1cccc(C(=O)NCCc2ccc3c(c2)OCO3)c1. The van der Waals surface area contributed by atoms with Crippen LogP contribution in [0.5, 0.6) is 17.2 Å². The van der Waals surface area contributed by atoms with Gasteiger partial charge in [-0.2, -0.15) is 0 Å². The lowest BCUT2D eigenvalue weighted by atomic mass is 10.1. The first-order valence-electron chi connectivity index (χ1n) is 9.37. The number of aryl methyl sites for hydroxylation is 1. The second-order valence-corrected chi connectivity index (χ2v) is 6.42. The number of amides is 1. The van der Waals surface area contributed by atoms with E-state index in [-0.39, 0.29) is 19.3 Å². The summed E-state index contributed by atoms with van der Waals surface area (Å²) in [5.74, 6) is 2.55. The number of hydrogen-bond acceptors (Lipinski definition) is 7. The lowest BCUT2D eigenvalue weighted by Gasteiger charge is -2.09. The molecule has 0 aliphatic carbocycles. The minimum absolute atomic E-state index is 0.158. The van der Waals surface area contributed by atoms with Gasteiger partial charge in [-0.3, -0.25) is 4.79 Å². The highest BCUT2D eigenvalue weighted by Gasteiger charge is 2.13. The minimum Gasteiger partial charge on any atom is -0.486 e. The zero-order valence-electron chi connectivity index (χ0n) is 16.0. The number of fused-ring (bicyclic) bond motifs is 1. The van der Waals surface area contributed by atoms with E-state index in [2.05, 4.69) is 20.8 Å². The van der Waals surface area contributed by atoms with E-state index >= 15 is 0 Å². The Labute approximate surface area is 167 Å². The topological polar surface area (TPSA) is 100 Å². The largest absolute Gasteiger partial charge is 0.486 e. The number of ether oxygens (including phenoxy) is 3. The Hall–Kier alpha value is -3.62. The summed E-state index contributed by atoms with van der Waals surface area (Å²) in [5.41, 5.74) is 1.60. The van der Waals surface area contributed by atoms with E-state index < -0.39 is 0 Å². The molecule has 29 heavy (non-hydrogen) atoms. The molecule has 0 fully saturated rings. The summed E-state index contributed by atoms with van der Waals surface area (Å²) in [6.45, 7) is 3.61. The van der Waals surface area contributed by atoms with Crippen molar-refractivity contribution >= 4 is 5.91 Å². The number of carbonyl (C=O) groups is 1. The van der Waals surface area contributed by atoms with Gasteiger partial charge in [0.1, 0.15) is 12.4 Å². The first-order chi connectivity index (χ1) is 14.2. The molecule has 0 saturated carbocycles. The van der Waals surface area contributed by atoms with Crippen molar-refractivity contribution in [2.75, 3.05) is 13.3 Å². The normalized spacial score (nSPS) is 12.0. The first kappa shape index (κ1) is 18.7. The molecule has 1 aromatic heterocycles. The summed E-state index contributed by atoms with van der Waals surface area (Å²) in [7, 11) is 0. The Morgan fingerprint density at radius 2 is 2.10 bits per heavy atom. The summed E-state index contributed by atoms with van der Waals surface area (Å²) in [6.07, 6.45) is 0.693. The zero-order valence-corrected chi connectivity index (χ0v) is 16.0. The Morgan fingerprint density at radius 1 is 1.21 bits per heavy atom. The van der Waals surface area contributed by atoms with Crippen molar-refractivity contribution in [2.24, 2.45) is 0 Å². The third kappa shape index (κ3) is 4.45. The molecule has 1 aliphatic heterocycles. The van der Waals surface area contributed by atoms with Crippen LogP contribution < -0.4 is 19.5 Å². The molecule has 4 rings (SSSR count). The first-order valence-corrected chi connectivity index (χ1v) is 9.37. The van der Waals surface area contributed by atoms with Crippen LogP contribution in [0.3, 0.4) is 0 Å². The van der Waals surface area contributed by atoms with Gasteiger partial charge in [0.05, 0.1) is 0 Å². The van der Waals surface area contributed by atoms with Gasteiger partial charge in [0.2, 0.25) is 6.79 Å². The van der Waals surface area contributed by atoms with Gasteiger partial charge in [0.25, 0.3) is 5.91 Å². The van der Waals surface area contributed by atoms with Crippen LogP contribution >= 0.6 is 0 Å². The van der Waals surface area contributed by atoms with E-state index in [1.54, 1.807) is 28.9 Å². The molecule has 2 aromatic carbocycles. The van der Waals surface area contributed by atoms with Gasteiger partial charge < -0.3 is 19.5 Å². The number of nitrogens with one attached hydrogen (secondary N) is 1. The number of hydrogen-bond donors (Lipinski definition) is 1. The Kier molecular flexibility index (Phi) is 5.55. The average Bonchev–Trinajstić information content (AvgIpc) is 3.41. The number of rotatable bonds is 8. The van der Waals surface area contributed by atoms with E-state index in [4.69, 9.17) is 14.2 Å². The maximum atomic E-state index is 12.5. The number of benzene rings is 2. The Balaban J connectivity index is 1.30. The standard InChI is InChI=1S/C20H21N5O4/c1-2-25-19(22-23-24-25)12-27-16-5-3-4-15(11-16)20(26)21-9-8-14-6-7-17-18(10-14)29-13-28-17/h3-7,10-11H,2,8-9,12-13H2,1H3,(H,21,26). The second-order valence-electron chi connectivity index (χ2n) is 6.42. The van der Waals surface area contributed by atoms with Crippen LogP contribution in [-0.2, 0) is 19.6 Å². The summed E-state index contributed by atoms with van der Waals surface area (Å²) in [6, 6.07) is 12.8. The molecule has 3 aromatic rings. The van der Waals surface area contributed by atoms with E-state index in [0.29, 0.717) is 36.6 Å². The van der Waals surface area contributed by atoms with Crippen molar-refractivity contribution in [3.05, 3.63) is 59.4 Å². The quantitative estimate of drug-likeness (QED) is 0.622. The van der Waals surface area contributed by atoms with E-state index in [0.717, 1.165) is 17.1 Å². The highest BCUT2D eigenvalue weighted by molar-refractivity contribution is 5.94. The number of aromatic nitrogens is 4. The highest BCUT2D eigenvalue weighted by atomic mass is 16.7. The molecule has 0 atom stereocenters.